The summed E-state index contributed by atoms with van der Waals surface area (Å²) >= 11 is 3.53. The predicted octanol–water partition coefficient (Wildman–Crippen LogP) is 4.06. The van der Waals surface area contributed by atoms with Crippen LogP contribution in [0.2, 0.25) is 0 Å². The third-order valence-electron chi connectivity index (χ3n) is 3.11. The minimum atomic E-state index is 0.296. The maximum Gasteiger partial charge on any atom is 0.230 e. The second kappa shape index (κ2) is 5.09. The first kappa shape index (κ1) is 12.9. The molecule has 5 heteroatoms. The highest BCUT2D eigenvalue weighted by Crippen LogP contribution is 2.36. The summed E-state index contributed by atoms with van der Waals surface area (Å²) in [7, 11) is 0. The van der Waals surface area contributed by atoms with Crippen LogP contribution in [0.1, 0.15) is 5.56 Å². The Kier molecular flexibility index (Phi) is 3.28. The number of hydrogen-bond acceptors (Lipinski definition) is 4. The van der Waals surface area contributed by atoms with Crippen LogP contribution in [0.15, 0.2) is 51.7 Å². The van der Waals surface area contributed by atoms with E-state index in [9.17, 15) is 0 Å². The summed E-state index contributed by atoms with van der Waals surface area (Å²) in [6.45, 7) is 2.03. The Morgan fingerprint density at radius 2 is 2.05 bits per heavy atom. The van der Waals surface area contributed by atoms with E-state index in [1.807, 2.05) is 37.3 Å². The van der Waals surface area contributed by atoms with Crippen molar-refractivity contribution >= 4 is 21.8 Å². The Morgan fingerprint density at radius 3 is 2.75 bits per heavy atom. The van der Waals surface area contributed by atoms with E-state index in [2.05, 4.69) is 26.1 Å². The lowest BCUT2D eigenvalue weighted by Gasteiger charge is -2.04. The van der Waals surface area contributed by atoms with E-state index in [4.69, 9.17) is 10.3 Å². The van der Waals surface area contributed by atoms with E-state index in [0.717, 1.165) is 32.4 Å². The quantitative estimate of drug-likeness (QED) is 0.770. The molecule has 4 nitrogen and oxygen atoms in total. The summed E-state index contributed by atoms with van der Waals surface area (Å²) < 4.78 is 6.18. The molecule has 20 heavy (non-hydrogen) atoms. The lowest BCUT2D eigenvalue weighted by molar-refractivity contribution is 0.439. The molecule has 0 aliphatic heterocycles. The average molecular weight is 330 g/mol. The van der Waals surface area contributed by atoms with Gasteiger partial charge in [0.1, 0.15) is 5.69 Å². The number of aromatic nitrogens is 2. The average Bonchev–Trinajstić information content (AvgIpc) is 2.85. The highest BCUT2D eigenvalue weighted by Gasteiger charge is 2.17. The Morgan fingerprint density at radius 1 is 1.20 bits per heavy atom. The number of nitrogens with zero attached hydrogens (tertiary/aromatic N) is 2. The Labute approximate surface area is 124 Å². The Balaban J connectivity index is 2.18. The first-order valence-electron chi connectivity index (χ1n) is 6.09. The summed E-state index contributed by atoms with van der Waals surface area (Å²) in [5.74, 6) is 0.296. The Hall–Kier alpha value is -2.14. The van der Waals surface area contributed by atoms with Crippen molar-refractivity contribution in [2.75, 3.05) is 5.73 Å². The highest BCUT2D eigenvalue weighted by molar-refractivity contribution is 9.10. The molecule has 2 aromatic heterocycles. The summed E-state index contributed by atoms with van der Waals surface area (Å²) in [5, 5.41) is 4.08. The summed E-state index contributed by atoms with van der Waals surface area (Å²) in [5.41, 5.74) is 10.4. The van der Waals surface area contributed by atoms with Crippen molar-refractivity contribution in [1.82, 2.24) is 10.1 Å². The number of nitrogens with two attached hydrogens (primary N) is 1. The number of hydrogen-bond donors (Lipinski definition) is 1. The molecule has 3 aromatic rings. The number of rotatable bonds is 2. The molecule has 0 atom stereocenters. The lowest BCUT2D eigenvalue weighted by Crippen LogP contribution is -1.89. The molecule has 0 fully saturated rings. The lowest BCUT2D eigenvalue weighted by atomic mass is 10.0. The molecular weight excluding hydrogens is 318 g/mol. The maximum absolute atomic E-state index is 5.91. The van der Waals surface area contributed by atoms with Crippen LogP contribution in [0.25, 0.3) is 22.4 Å². The minimum Gasteiger partial charge on any atom is -0.367 e. The molecule has 0 saturated heterocycles. The zero-order chi connectivity index (χ0) is 14.1. The van der Waals surface area contributed by atoms with E-state index in [-0.39, 0.29) is 0 Å². The SMILES string of the molecule is Cc1ccc(-c2noc(N)c2-c2cccnc2)cc1Br. The van der Waals surface area contributed by atoms with E-state index < -0.39 is 0 Å². The third kappa shape index (κ3) is 2.20. The van der Waals surface area contributed by atoms with Crippen LogP contribution in [-0.2, 0) is 0 Å². The van der Waals surface area contributed by atoms with Gasteiger partial charge in [-0.2, -0.15) is 0 Å². The van der Waals surface area contributed by atoms with Gasteiger partial charge < -0.3 is 10.3 Å². The van der Waals surface area contributed by atoms with E-state index in [1.54, 1.807) is 12.4 Å². The van der Waals surface area contributed by atoms with Crippen LogP contribution in [0.3, 0.4) is 0 Å². The van der Waals surface area contributed by atoms with E-state index in [0.29, 0.717) is 5.88 Å². The predicted molar refractivity (Wildman–Crippen MR) is 82.0 cm³/mol. The van der Waals surface area contributed by atoms with E-state index >= 15 is 0 Å². The van der Waals surface area contributed by atoms with Gasteiger partial charge in [0.05, 0.1) is 5.56 Å². The molecule has 0 bridgehead atoms. The Bertz CT molecular complexity index is 753. The van der Waals surface area contributed by atoms with Gasteiger partial charge in [0.15, 0.2) is 0 Å². The maximum atomic E-state index is 5.91. The molecule has 2 N–H and O–H groups in total. The largest absolute Gasteiger partial charge is 0.367 e. The molecular formula is C15H12BrN3O. The molecule has 0 radical (unpaired) electrons. The van der Waals surface area contributed by atoms with Gasteiger partial charge >= 0.3 is 0 Å². The van der Waals surface area contributed by atoms with Gasteiger partial charge in [-0.3, -0.25) is 4.98 Å². The summed E-state index contributed by atoms with van der Waals surface area (Å²) in [6, 6.07) is 9.82. The standard InChI is InChI=1S/C15H12BrN3O/c1-9-4-5-10(7-12(9)16)14-13(15(17)20-19-14)11-3-2-6-18-8-11/h2-8H,17H2,1H3. The van der Waals surface area contributed by atoms with Gasteiger partial charge in [0.2, 0.25) is 5.88 Å². The van der Waals surface area contributed by atoms with Crippen molar-refractivity contribution in [3.8, 4) is 22.4 Å². The fourth-order valence-electron chi connectivity index (χ4n) is 2.03. The molecule has 0 spiro atoms. The number of halogens is 1. The van der Waals surface area contributed by atoms with Gasteiger partial charge in [0, 0.05) is 28.0 Å². The molecule has 2 heterocycles. The third-order valence-corrected chi connectivity index (χ3v) is 3.97. The molecule has 0 saturated carbocycles. The number of anilines is 1. The van der Waals surface area contributed by atoms with Crippen LogP contribution in [0.4, 0.5) is 5.88 Å². The summed E-state index contributed by atoms with van der Waals surface area (Å²) in [4.78, 5) is 4.11. The van der Waals surface area contributed by atoms with Crippen molar-refractivity contribution in [2.45, 2.75) is 6.92 Å². The number of pyridine rings is 1. The molecule has 100 valence electrons. The zero-order valence-electron chi connectivity index (χ0n) is 10.8. The molecule has 0 aliphatic carbocycles. The van der Waals surface area contributed by atoms with Crippen molar-refractivity contribution in [3.05, 3.63) is 52.8 Å². The highest BCUT2D eigenvalue weighted by atomic mass is 79.9. The fourth-order valence-corrected chi connectivity index (χ4v) is 2.41. The smallest absolute Gasteiger partial charge is 0.230 e. The first-order chi connectivity index (χ1) is 9.66. The van der Waals surface area contributed by atoms with Crippen molar-refractivity contribution < 1.29 is 4.52 Å². The second-order valence-electron chi connectivity index (χ2n) is 4.48. The van der Waals surface area contributed by atoms with Crippen LogP contribution in [0, 0.1) is 6.92 Å². The van der Waals surface area contributed by atoms with Crippen LogP contribution < -0.4 is 5.73 Å². The number of benzene rings is 1. The molecule has 0 unspecified atom stereocenters. The normalized spacial score (nSPS) is 10.7. The van der Waals surface area contributed by atoms with Crippen molar-refractivity contribution in [1.29, 1.82) is 0 Å². The summed E-state index contributed by atoms with van der Waals surface area (Å²) in [6.07, 6.45) is 3.46. The van der Waals surface area contributed by atoms with Gasteiger partial charge in [-0.15, -0.1) is 0 Å². The topological polar surface area (TPSA) is 64.9 Å². The van der Waals surface area contributed by atoms with Crippen molar-refractivity contribution in [2.24, 2.45) is 0 Å². The first-order valence-corrected chi connectivity index (χ1v) is 6.88. The number of nitrogen functional groups attached to an aromatic ring is 1. The number of aryl methyl sites for hydroxylation is 1. The fraction of sp³-hybridized carbons (Fsp3) is 0.0667. The van der Waals surface area contributed by atoms with Crippen LogP contribution >= 0.6 is 15.9 Å². The van der Waals surface area contributed by atoms with Gasteiger partial charge in [0.25, 0.3) is 0 Å². The molecule has 0 aliphatic rings. The van der Waals surface area contributed by atoms with Crippen LogP contribution in [0.5, 0.6) is 0 Å². The zero-order valence-corrected chi connectivity index (χ0v) is 12.4. The van der Waals surface area contributed by atoms with Crippen LogP contribution in [-0.4, -0.2) is 10.1 Å². The second-order valence-corrected chi connectivity index (χ2v) is 5.33. The molecule has 0 amide bonds. The monoisotopic (exact) mass is 329 g/mol. The van der Waals surface area contributed by atoms with Gasteiger partial charge in [-0.1, -0.05) is 39.3 Å². The van der Waals surface area contributed by atoms with Gasteiger partial charge in [-0.05, 0) is 24.6 Å². The van der Waals surface area contributed by atoms with Crippen molar-refractivity contribution in [3.63, 3.8) is 0 Å². The van der Waals surface area contributed by atoms with E-state index in [1.165, 1.54) is 0 Å². The molecule has 3 rings (SSSR count). The minimum absolute atomic E-state index is 0.296. The molecule has 1 aromatic carbocycles. The van der Waals surface area contributed by atoms with Gasteiger partial charge in [-0.25, -0.2) is 0 Å².